The molecule has 14 heteroatoms. The van der Waals surface area contributed by atoms with E-state index < -0.39 is 11.7 Å². The number of aliphatic hydroxyl groups is 1. The van der Waals surface area contributed by atoms with Crippen molar-refractivity contribution in [1.82, 2.24) is 39.7 Å². The highest BCUT2D eigenvalue weighted by Gasteiger charge is 2.29. The van der Waals surface area contributed by atoms with Gasteiger partial charge in [0.1, 0.15) is 18.0 Å². The van der Waals surface area contributed by atoms with Crippen molar-refractivity contribution in [2.75, 3.05) is 11.4 Å². The zero-order valence-corrected chi connectivity index (χ0v) is 23.4. The van der Waals surface area contributed by atoms with E-state index in [4.69, 9.17) is 11.6 Å². The van der Waals surface area contributed by atoms with Crippen LogP contribution in [0, 0.1) is 0 Å². The number of benzene rings is 1. The summed E-state index contributed by atoms with van der Waals surface area (Å²) in [5.41, 5.74) is 3.00. The summed E-state index contributed by atoms with van der Waals surface area (Å²) in [6.07, 6.45) is 4.84. The van der Waals surface area contributed by atoms with E-state index in [-0.39, 0.29) is 24.0 Å². The lowest BCUT2D eigenvalue weighted by Gasteiger charge is -2.25. The number of fused-ring (bicyclic) bond motifs is 1. The van der Waals surface area contributed by atoms with Gasteiger partial charge in [0.05, 0.1) is 35.8 Å². The number of anilines is 1. The minimum Gasteiger partial charge on any atom is -0.465 e. The molecule has 0 saturated heterocycles. The fraction of sp³-hybridized carbons (Fsp3) is 0.250. The summed E-state index contributed by atoms with van der Waals surface area (Å²) in [6, 6.07) is 11.9. The number of carbonyl (C=O) groups is 1. The van der Waals surface area contributed by atoms with Crippen LogP contribution in [0.1, 0.15) is 37.8 Å². The molecule has 0 bridgehead atoms. The third-order valence-electron chi connectivity index (χ3n) is 7.02. The molecule has 0 radical (unpaired) electrons. The maximum absolute atomic E-state index is 13.5. The summed E-state index contributed by atoms with van der Waals surface area (Å²) in [6.45, 7) is 2.93. The fourth-order valence-corrected chi connectivity index (χ4v) is 5.38. The number of aromatic nitrogens is 8. The largest absolute Gasteiger partial charge is 0.465 e. The summed E-state index contributed by atoms with van der Waals surface area (Å²) in [5, 5.41) is 31.6. The number of pyridine rings is 2. The summed E-state index contributed by atoms with van der Waals surface area (Å²) >= 11 is 6.30. The molecule has 42 heavy (non-hydrogen) atoms. The molecule has 0 saturated carbocycles. The highest BCUT2D eigenvalue weighted by molar-refractivity contribution is 6.31. The van der Waals surface area contributed by atoms with Crippen LogP contribution in [0.5, 0.6) is 0 Å². The van der Waals surface area contributed by atoms with E-state index in [1.807, 2.05) is 6.07 Å². The maximum Gasteiger partial charge on any atom is 0.413 e. The maximum atomic E-state index is 13.5. The zero-order valence-electron chi connectivity index (χ0n) is 22.6. The number of halogens is 1. The predicted molar refractivity (Wildman–Crippen MR) is 154 cm³/mol. The van der Waals surface area contributed by atoms with Crippen molar-refractivity contribution in [2.45, 2.75) is 38.3 Å². The second-order valence-corrected chi connectivity index (χ2v) is 11.1. The van der Waals surface area contributed by atoms with E-state index in [9.17, 15) is 19.8 Å². The topological polar surface area (TPSA) is 168 Å². The van der Waals surface area contributed by atoms with Gasteiger partial charge >= 0.3 is 6.09 Å². The average Bonchev–Trinajstić information content (AvgIpc) is 3.72. The van der Waals surface area contributed by atoms with Crippen LogP contribution in [0.4, 0.5) is 10.6 Å². The first-order valence-electron chi connectivity index (χ1n) is 13.1. The molecular formula is C28H26ClN9O4. The molecule has 1 aliphatic rings. The summed E-state index contributed by atoms with van der Waals surface area (Å²) in [7, 11) is 0. The monoisotopic (exact) mass is 587 g/mol. The number of imidazole rings is 1. The molecular weight excluding hydrogens is 562 g/mol. The van der Waals surface area contributed by atoms with Crippen LogP contribution >= 0.6 is 11.6 Å². The average molecular weight is 588 g/mol. The molecule has 4 aromatic heterocycles. The van der Waals surface area contributed by atoms with Crippen molar-refractivity contribution in [3.8, 4) is 28.1 Å². The smallest absolute Gasteiger partial charge is 0.413 e. The van der Waals surface area contributed by atoms with Crippen LogP contribution in [-0.4, -0.2) is 68.2 Å². The minimum absolute atomic E-state index is 0.128. The minimum atomic E-state index is -1.22. The Morgan fingerprint density at radius 1 is 1.14 bits per heavy atom. The van der Waals surface area contributed by atoms with Gasteiger partial charge < -0.3 is 19.8 Å². The molecule has 1 amide bonds. The number of rotatable bonds is 7. The molecule has 13 nitrogen and oxygen atoms in total. The predicted octanol–water partition coefficient (Wildman–Crippen LogP) is 3.72. The van der Waals surface area contributed by atoms with Gasteiger partial charge in [-0.2, -0.15) is 4.68 Å². The van der Waals surface area contributed by atoms with Gasteiger partial charge in [-0.1, -0.05) is 11.6 Å². The highest BCUT2D eigenvalue weighted by Crippen LogP contribution is 2.34. The van der Waals surface area contributed by atoms with Crippen molar-refractivity contribution in [2.24, 2.45) is 0 Å². The number of carboxylic acid groups (broad SMARTS) is 1. The molecule has 214 valence electrons. The van der Waals surface area contributed by atoms with E-state index in [2.05, 4.69) is 30.5 Å². The first-order valence-corrected chi connectivity index (χ1v) is 13.5. The number of H-pyrrole nitrogens is 1. The lowest BCUT2D eigenvalue weighted by molar-refractivity contribution is 0.0858. The van der Waals surface area contributed by atoms with Gasteiger partial charge in [0.15, 0.2) is 0 Å². The Bertz CT molecular complexity index is 1830. The standard InChI is InChI=1S/C28H26ClN9O4/c1-28(2,42)14-36(27(40)41)24-8-3-16(12-30-24)21-13-31-26(33-21)23-7-5-19-9-17(10-25(39)38(19)23)20-11-18(29)4-6-22(20)37-15-32-34-35-37/h3-4,6,8-13,15,23,42H,5,7,14H2,1-2H3,(H,31,33)(H,40,41)/t23-/m0/s1. The molecule has 6 rings (SSSR count). The van der Waals surface area contributed by atoms with Crippen LogP contribution in [0.15, 0.2) is 66.0 Å². The van der Waals surface area contributed by atoms with Crippen molar-refractivity contribution in [1.29, 1.82) is 0 Å². The number of aromatic amines is 1. The Labute approximate surface area is 244 Å². The van der Waals surface area contributed by atoms with E-state index >= 15 is 0 Å². The molecule has 1 aromatic carbocycles. The molecule has 0 fully saturated rings. The molecule has 5 heterocycles. The second-order valence-electron chi connectivity index (χ2n) is 10.7. The first kappa shape index (κ1) is 27.3. The molecule has 1 atom stereocenters. The number of hydrogen-bond acceptors (Lipinski definition) is 8. The van der Waals surface area contributed by atoms with Gasteiger partial charge in [0.25, 0.3) is 5.56 Å². The zero-order chi connectivity index (χ0) is 29.6. The van der Waals surface area contributed by atoms with E-state index in [1.165, 1.54) is 24.9 Å². The lowest BCUT2D eigenvalue weighted by atomic mass is 10.0. The number of aryl methyl sites for hydroxylation is 1. The van der Waals surface area contributed by atoms with E-state index in [1.54, 1.807) is 53.4 Å². The first-order chi connectivity index (χ1) is 20.1. The van der Waals surface area contributed by atoms with Crippen LogP contribution in [-0.2, 0) is 6.42 Å². The molecule has 0 spiro atoms. The number of amides is 1. The Balaban J connectivity index is 1.28. The number of nitrogens with zero attached hydrogens (tertiary/aromatic N) is 8. The molecule has 5 aromatic rings. The SMILES string of the molecule is CC(C)(O)CN(C(=O)O)c1ccc(-c2cnc([C@@H]3CCc4cc(-c5cc(Cl)ccc5-n5cnnn5)cc(=O)n43)[nH]2)cn1. The van der Waals surface area contributed by atoms with Crippen molar-refractivity contribution < 1.29 is 15.0 Å². The van der Waals surface area contributed by atoms with Crippen molar-refractivity contribution >= 4 is 23.5 Å². The lowest BCUT2D eigenvalue weighted by Crippen LogP contribution is -2.42. The Kier molecular flexibility index (Phi) is 6.83. The Morgan fingerprint density at radius 2 is 1.98 bits per heavy atom. The van der Waals surface area contributed by atoms with Gasteiger partial charge in [-0.25, -0.2) is 14.8 Å². The third-order valence-corrected chi connectivity index (χ3v) is 7.26. The quantitative estimate of drug-likeness (QED) is 0.257. The number of tetrazole rings is 1. The van der Waals surface area contributed by atoms with Crippen LogP contribution < -0.4 is 10.5 Å². The van der Waals surface area contributed by atoms with Gasteiger partial charge in [0.2, 0.25) is 0 Å². The highest BCUT2D eigenvalue weighted by atomic mass is 35.5. The van der Waals surface area contributed by atoms with Gasteiger partial charge in [-0.3, -0.25) is 9.69 Å². The molecule has 3 N–H and O–H groups in total. The van der Waals surface area contributed by atoms with E-state index in [0.29, 0.717) is 46.2 Å². The van der Waals surface area contributed by atoms with Crippen LogP contribution in [0.3, 0.4) is 0 Å². The van der Waals surface area contributed by atoms with E-state index in [0.717, 1.165) is 16.2 Å². The number of nitrogens with one attached hydrogen (secondary N) is 1. The molecule has 0 aliphatic carbocycles. The summed E-state index contributed by atoms with van der Waals surface area (Å²) in [4.78, 5) is 38.3. The van der Waals surface area contributed by atoms with Gasteiger partial charge in [-0.05, 0) is 79.1 Å². The normalized spacial score (nSPS) is 14.6. The van der Waals surface area contributed by atoms with Crippen molar-refractivity contribution in [3.05, 3.63) is 88.1 Å². The summed E-state index contributed by atoms with van der Waals surface area (Å²) < 4.78 is 3.27. The van der Waals surface area contributed by atoms with Gasteiger partial charge in [-0.15, -0.1) is 5.10 Å². The second kappa shape index (κ2) is 10.5. The number of hydrogen-bond donors (Lipinski definition) is 3. The fourth-order valence-electron chi connectivity index (χ4n) is 5.21. The van der Waals surface area contributed by atoms with Gasteiger partial charge in [0, 0.05) is 34.1 Å². The molecule has 1 aliphatic heterocycles. The summed E-state index contributed by atoms with van der Waals surface area (Å²) in [5.74, 6) is 0.831. The van der Waals surface area contributed by atoms with Crippen LogP contribution in [0.2, 0.25) is 5.02 Å². The van der Waals surface area contributed by atoms with Crippen molar-refractivity contribution in [3.63, 3.8) is 0 Å². The third kappa shape index (κ3) is 5.27. The Hall–Kier alpha value is -4.88. The van der Waals surface area contributed by atoms with Crippen LogP contribution in [0.25, 0.3) is 28.1 Å². The Morgan fingerprint density at radius 3 is 2.67 bits per heavy atom. The molecule has 0 unspecified atom stereocenters.